The van der Waals surface area contributed by atoms with E-state index in [0.717, 1.165) is 12.8 Å². The average Bonchev–Trinajstić information content (AvgIpc) is 2.65. The van der Waals surface area contributed by atoms with Crippen molar-refractivity contribution in [3.63, 3.8) is 0 Å². The van der Waals surface area contributed by atoms with Crippen LogP contribution in [-0.4, -0.2) is 5.92 Å². The van der Waals surface area contributed by atoms with Crippen LogP contribution >= 0.6 is 0 Å². The van der Waals surface area contributed by atoms with Crippen LogP contribution < -0.4 is 0 Å². The minimum Gasteiger partial charge on any atom is -0.206 e. The first-order chi connectivity index (χ1) is 5.85. The van der Waals surface area contributed by atoms with E-state index in [0.29, 0.717) is 5.92 Å². The van der Waals surface area contributed by atoms with Gasteiger partial charge in [0, 0.05) is 11.8 Å². The molecule has 2 atom stereocenters. The van der Waals surface area contributed by atoms with Gasteiger partial charge in [-0.3, -0.25) is 0 Å². The molecule has 0 aliphatic heterocycles. The third kappa shape index (κ3) is 2.41. The van der Waals surface area contributed by atoms with Crippen molar-refractivity contribution in [1.82, 2.24) is 0 Å². The Kier molecular flexibility index (Phi) is 2.98. The van der Waals surface area contributed by atoms with E-state index >= 15 is 0 Å². The Hall–Kier alpha value is -0.140. The second kappa shape index (κ2) is 3.55. The Labute approximate surface area is 79.7 Å². The third-order valence-electron chi connectivity index (χ3n) is 2.96. The molecule has 2 heteroatoms. The minimum absolute atomic E-state index is 0.289. The number of alkyl halides is 2. The van der Waals surface area contributed by atoms with Gasteiger partial charge in [-0.15, -0.1) is 0 Å². The first kappa shape index (κ1) is 10.9. The highest BCUT2D eigenvalue weighted by Gasteiger charge is 2.55. The van der Waals surface area contributed by atoms with Crippen molar-refractivity contribution in [3.8, 4) is 0 Å². The van der Waals surface area contributed by atoms with Crippen molar-refractivity contribution in [2.75, 3.05) is 0 Å². The fourth-order valence-electron chi connectivity index (χ4n) is 2.01. The molecule has 0 aromatic rings. The highest BCUT2D eigenvalue weighted by atomic mass is 19.3. The summed E-state index contributed by atoms with van der Waals surface area (Å²) in [5.74, 6) is -2.42. The van der Waals surface area contributed by atoms with Crippen LogP contribution in [0.3, 0.4) is 0 Å². The van der Waals surface area contributed by atoms with Gasteiger partial charge in [0.1, 0.15) is 0 Å². The highest BCUT2D eigenvalue weighted by Crippen LogP contribution is 2.54. The van der Waals surface area contributed by atoms with E-state index in [9.17, 15) is 8.78 Å². The molecule has 1 rings (SSSR count). The van der Waals surface area contributed by atoms with Gasteiger partial charge < -0.3 is 0 Å². The Bertz CT molecular complexity index is 173. The predicted octanol–water partition coefficient (Wildman–Crippen LogP) is 3.96. The Balaban J connectivity index is 2.41. The van der Waals surface area contributed by atoms with E-state index in [-0.39, 0.29) is 11.8 Å². The molecular weight excluding hydrogens is 170 g/mol. The summed E-state index contributed by atoms with van der Waals surface area (Å²) in [5, 5.41) is 0. The quantitative estimate of drug-likeness (QED) is 0.629. The van der Waals surface area contributed by atoms with E-state index < -0.39 is 11.8 Å². The molecule has 2 unspecified atom stereocenters. The zero-order chi connectivity index (χ0) is 10.2. The normalized spacial score (nSPS) is 28.6. The van der Waals surface area contributed by atoms with Crippen molar-refractivity contribution in [3.05, 3.63) is 0 Å². The summed E-state index contributed by atoms with van der Waals surface area (Å²) in [6.45, 7) is 7.43. The summed E-state index contributed by atoms with van der Waals surface area (Å²) >= 11 is 0. The van der Waals surface area contributed by atoms with Gasteiger partial charge in [-0.25, -0.2) is 8.78 Å². The van der Waals surface area contributed by atoms with Crippen LogP contribution in [0.5, 0.6) is 0 Å². The molecule has 78 valence electrons. The van der Waals surface area contributed by atoms with E-state index in [4.69, 9.17) is 0 Å². The molecule has 0 radical (unpaired) electrons. The molecule has 0 spiro atoms. The first-order valence-corrected chi connectivity index (χ1v) is 5.23. The standard InChI is InChI=1S/C11H20F2/c1-7(2)5-9-6-10(9)11(12,13)8(3)4/h7-10H,5-6H2,1-4H3. The lowest BCUT2D eigenvalue weighted by Crippen LogP contribution is -2.27. The van der Waals surface area contributed by atoms with Gasteiger partial charge >= 0.3 is 0 Å². The van der Waals surface area contributed by atoms with E-state index in [1.807, 2.05) is 0 Å². The second-order valence-corrected chi connectivity index (χ2v) is 5.06. The summed E-state index contributed by atoms with van der Waals surface area (Å²) in [5.41, 5.74) is 0. The van der Waals surface area contributed by atoms with Gasteiger partial charge in [-0.05, 0) is 24.7 Å². The number of hydrogen-bond acceptors (Lipinski definition) is 0. The third-order valence-corrected chi connectivity index (χ3v) is 2.96. The molecule has 1 aliphatic carbocycles. The zero-order valence-corrected chi connectivity index (χ0v) is 8.98. The molecule has 0 heterocycles. The summed E-state index contributed by atoms with van der Waals surface area (Å²) < 4.78 is 26.9. The monoisotopic (exact) mass is 190 g/mol. The number of halogens is 2. The highest BCUT2D eigenvalue weighted by molar-refractivity contribution is 4.97. The summed E-state index contributed by atoms with van der Waals surface area (Å²) in [7, 11) is 0. The van der Waals surface area contributed by atoms with Crippen molar-refractivity contribution < 1.29 is 8.78 Å². The topological polar surface area (TPSA) is 0 Å². The lowest BCUT2D eigenvalue weighted by Gasteiger charge is -2.20. The number of hydrogen-bond donors (Lipinski definition) is 0. The van der Waals surface area contributed by atoms with E-state index in [2.05, 4.69) is 13.8 Å². The Morgan fingerprint density at radius 2 is 1.77 bits per heavy atom. The van der Waals surface area contributed by atoms with Crippen molar-refractivity contribution in [1.29, 1.82) is 0 Å². The fourth-order valence-corrected chi connectivity index (χ4v) is 2.01. The summed E-state index contributed by atoms with van der Waals surface area (Å²) in [6.07, 6.45) is 1.70. The van der Waals surface area contributed by atoms with Gasteiger partial charge in [0.15, 0.2) is 0 Å². The molecular formula is C11H20F2. The van der Waals surface area contributed by atoms with Gasteiger partial charge in [0.25, 0.3) is 5.92 Å². The maximum absolute atomic E-state index is 13.4. The van der Waals surface area contributed by atoms with Crippen LogP contribution in [0.4, 0.5) is 8.78 Å². The van der Waals surface area contributed by atoms with Crippen LogP contribution in [0.2, 0.25) is 0 Å². The van der Waals surface area contributed by atoms with Crippen LogP contribution in [0.1, 0.15) is 40.5 Å². The van der Waals surface area contributed by atoms with Crippen LogP contribution in [0.15, 0.2) is 0 Å². The van der Waals surface area contributed by atoms with Crippen molar-refractivity contribution in [2.45, 2.75) is 46.5 Å². The van der Waals surface area contributed by atoms with Crippen molar-refractivity contribution in [2.24, 2.45) is 23.7 Å². The molecule has 1 saturated carbocycles. The lowest BCUT2D eigenvalue weighted by molar-refractivity contribution is -0.0709. The maximum Gasteiger partial charge on any atom is 0.253 e. The largest absolute Gasteiger partial charge is 0.253 e. The van der Waals surface area contributed by atoms with Crippen molar-refractivity contribution >= 4 is 0 Å². The molecule has 1 aliphatic rings. The number of rotatable bonds is 4. The Morgan fingerprint density at radius 1 is 1.23 bits per heavy atom. The molecule has 0 aromatic carbocycles. The molecule has 0 nitrogen and oxygen atoms in total. The van der Waals surface area contributed by atoms with Crippen LogP contribution in [-0.2, 0) is 0 Å². The fraction of sp³-hybridized carbons (Fsp3) is 1.00. The van der Waals surface area contributed by atoms with E-state index in [1.54, 1.807) is 13.8 Å². The second-order valence-electron chi connectivity index (χ2n) is 5.06. The molecule has 13 heavy (non-hydrogen) atoms. The van der Waals surface area contributed by atoms with Gasteiger partial charge in [0.05, 0.1) is 0 Å². The molecule has 1 fully saturated rings. The smallest absolute Gasteiger partial charge is 0.206 e. The van der Waals surface area contributed by atoms with Crippen LogP contribution in [0.25, 0.3) is 0 Å². The lowest BCUT2D eigenvalue weighted by atomic mass is 9.97. The molecule has 0 aromatic heterocycles. The molecule has 0 N–H and O–H groups in total. The summed E-state index contributed by atoms with van der Waals surface area (Å²) in [4.78, 5) is 0. The molecule has 0 saturated heterocycles. The van der Waals surface area contributed by atoms with Gasteiger partial charge in [0.2, 0.25) is 0 Å². The van der Waals surface area contributed by atoms with E-state index in [1.165, 1.54) is 0 Å². The predicted molar refractivity (Wildman–Crippen MR) is 50.8 cm³/mol. The zero-order valence-electron chi connectivity index (χ0n) is 8.98. The Morgan fingerprint density at radius 3 is 2.15 bits per heavy atom. The van der Waals surface area contributed by atoms with Crippen LogP contribution in [0, 0.1) is 23.7 Å². The minimum atomic E-state index is -2.43. The average molecular weight is 190 g/mol. The summed E-state index contributed by atoms with van der Waals surface area (Å²) in [6, 6.07) is 0. The first-order valence-electron chi connectivity index (χ1n) is 5.23. The SMILES string of the molecule is CC(C)CC1CC1C(F)(F)C(C)C. The van der Waals surface area contributed by atoms with Gasteiger partial charge in [-0.1, -0.05) is 27.7 Å². The van der Waals surface area contributed by atoms with Gasteiger partial charge in [-0.2, -0.15) is 0 Å². The molecule has 0 amide bonds. The molecule has 0 bridgehead atoms. The maximum atomic E-state index is 13.4.